The molecular formula is C21H21N3O3S2. The second-order valence-electron chi connectivity index (χ2n) is 7.06. The van der Waals surface area contributed by atoms with Gasteiger partial charge >= 0.3 is 0 Å². The third-order valence-electron chi connectivity index (χ3n) is 4.66. The van der Waals surface area contributed by atoms with Gasteiger partial charge in [0.1, 0.15) is 5.69 Å². The van der Waals surface area contributed by atoms with Crippen LogP contribution >= 0.6 is 11.3 Å². The quantitative estimate of drug-likeness (QED) is 0.574. The molecule has 29 heavy (non-hydrogen) atoms. The summed E-state index contributed by atoms with van der Waals surface area (Å²) in [6.07, 6.45) is 2.84. The van der Waals surface area contributed by atoms with Crippen LogP contribution in [-0.4, -0.2) is 25.9 Å². The van der Waals surface area contributed by atoms with Gasteiger partial charge in [-0.1, -0.05) is 30.3 Å². The van der Waals surface area contributed by atoms with Crippen molar-refractivity contribution in [3.05, 3.63) is 76.2 Å². The van der Waals surface area contributed by atoms with Crippen LogP contribution in [0.3, 0.4) is 0 Å². The van der Waals surface area contributed by atoms with Crippen molar-refractivity contribution in [2.24, 2.45) is 5.92 Å². The van der Waals surface area contributed by atoms with E-state index in [-0.39, 0.29) is 10.8 Å². The fourth-order valence-corrected chi connectivity index (χ4v) is 4.74. The third-order valence-corrected chi connectivity index (χ3v) is 6.95. The minimum atomic E-state index is -3.51. The number of carbonyl (C=O) groups is 1. The Kier molecular flexibility index (Phi) is 5.75. The molecule has 1 aliphatic rings. The first-order valence-corrected chi connectivity index (χ1v) is 11.8. The maximum atomic E-state index is 12.4. The first-order valence-electron chi connectivity index (χ1n) is 9.39. The van der Waals surface area contributed by atoms with E-state index in [4.69, 9.17) is 0 Å². The van der Waals surface area contributed by atoms with E-state index >= 15 is 0 Å². The number of anilines is 1. The summed E-state index contributed by atoms with van der Waals surface area (Å²) in [5.74, 6) is 0.149. The minimum absolute atomic E-state index is 0.190. The number of benzene rings is 2. The number of aromatic nitrogens is 1. The zero-order chi connectivity index (χ0) is 20.3. The van der Waals surface area contributed by atoms with Crippen LogP contribution in [0, 0.1) is 5.92 Å². The lowest BCUT2D eigenvalue weighted by Crippen LogP contribution is -2.25. The van der Waals surface area contributed by atoms with E-state index in [1.54, 1.807) is 17.5 Å². The number of sulfonamides is 1. The molecule has 0 unspecified atom stereocenters. The molecule has 1 saturated carbocycles. The summed E-state index contributed by atoms with van der Waals surface area (Å²) in [6, 6.07) is 16.1. The summed E-state index contributed by atoms with van der Waals surface area (Å²) in [4.78, 5) is 17.0. The van der Waals surface area contributed by atoms with Crippen molar-refractivity contribution in [1.29, 1.82) is 0 Å². The number of hydrogen-bond donors (Lipinski definition) is 2. The van der Waals surface area contributed by atoms with Crippen molar-refractivity contribution < 1.29 is 13.2 Å². The molecule has 2 N–H and O–H groups in total. The molecule has 6 nitrogen and oxygen atoms in total. The molecule has 1 aromatic heterocycles. The second-order valence-corrected chi connectivity index (χ2v) is 9.77. The SMILES string of the molecule is O=C(Nc1ccc(S(=O)(=O)NCC2CC2)cc1)c1csc(Cc2ccccc2)n1. The van der Waals surface area contributed by atoms with Gasteiger partial charge in [-0.15, -0.1) is 11.3 Å². The Morgan fingerprint density at radius 1 is 1.07 bits per heavy atom. The van der Waals surface area contributed by atoms with Gasteiger partial charge in [0.05, 0.1) is 9.90 Å². The smallest absolute Gasteiger partial charge is 0.275 e. The van der Waals surface area contributed by atoms with Gasteiger partial charge in [0.2, 0.25) is 10.0 Å². The lowest BCUT2D eigenvalue weighted by Gasteiger charge is -2.08. The highest BCUT2D eigenvalue weighted by Crippen LogP contribution is 2.28. The zero-order valence-corrected chi connectivity index (χ0v) is 17.3. The van der Waals surface area contributed by atoms with E-state index in [1.807, 2.05) is 30.3 Å². The normalized spacial score (nSPS) is 13.9. The fourth-order valence-electron chi connectivity index (χ4n) is 2.81. The van der Waals surface area contributed by atoms with Crippen molar-refractivity contribution >= 4 is 33.0 Å². The van der Waals surface area contributed by atoms with Crippen molar-refractivity contribution in [3.63, 3.8) is 0 Å². The average molecular weight is 428 g/mol. The molecule has 0 aliphatic heterocycles. The summed E-state index contributed by atoms with van der Waals surface area (Å²) in [5, 5.41) is 5.36. The van der Waals surface area contributed by atoms with Gasteiger partial charge in [-0.05, 0) is 48.6 Å². The molecule has 0 bridgehead atoms. The molecule has 2 aromatic carbocycles. The highest BCUT2D eigenvalue weighted by molar-refractivity contribution is 7.89. The Bertz CT molecular complexity index is 1090. The van der Waals surface area contributed by atoms with Crippen LogP contribution in [0.1, 0.15) is 33.9 Å². The molecule has 0 atom stereocenters. The van der Waals surface area contributed by atoms with Crippen LogP contribution < -0.4 is 10.0 Å². The summed E-state index contributed by atoms with van der Waals surface area (Å²) in [7, 11) is -3.51. The number of thiazole rings is 1. The number of carbonyl (C=O) groups excluding carboxylic acids is 1. The molecule has 1 aliphatic carbocycles. The Labute approximate surface area is 174 Å². The van der Waals surface area contributed by atoms with Crippen LogP contribution in [0.5, 0.6) is 0 Å². The van der Waals surface area contributed by atoms with Gasteiger partial charge in [0.15, 0.2) is 0 Å². The Balaban J connectivity index is 1.37. The van der Waals surface area contributed by atoms with Gasteiger partial charge in [-0.3, -0.25) is 4.79 Å². The van der Waals surface area contributed by atoms with Crippen LogP contribution in [0.25, 0.3) is 0 Å². The summed E-state index contributed by atoms with van der Waals surface area (Å²) in [5.41, 5.74) is 2.01. The number of nitrogens with zero attached hydrogens (tertiary/aromatic N) is 1. The van der Waals surface area contributed by atoms with E-state index < -0.39 is 10.0 Å². The fraction of sp³-hybridized carbons (Fsp3) is 0.238. The monoisotopic (exact) mass is 427 g/mol. The predicted molar refractivity (Wildman–Crippen MR) is 114 cm³/mol. The minimum Gasteiger partial charge on any atom is -0.321 e. The highest BCUT2D eigenvalue weighted by Gasteiger charge is 2.24. The van der Waals surface area contributed by atoms with Crippen molar-refractivity contribution in [2.45, 2.75) is 24.2 Å². The number of amides is 1. The van der Waals surface area contributed by atoms with Crippen LogP contribution in [0.15, 0.2) is 64.9 Å². The van der Waals surface area contributed by atoms with Gasteiger partial charge < -0.3 is 5.32 Å². The number of hydrogen-bond acceptors (Lipinski definition) is 5. The Morgan fingerprint density at radius 3 is 2.48 bits per heavy atom. The average Bonchev–Trinajstić information content (AvgIpc) is 3.45. The first-order chi connectivity index (χ1) is 14.0. The zero-order valence-electron chi connectivity index (χ0n) is 15.7. The van der Waals surface area contributed by atoms with Crippen LogP contribution in [0.4, 0.5) is 5.69 Å². The Hall–Kier alpha value is -2.55. The molecular weight excluding hydrogens is 406 g/mol. The molecule has 0 radical (unpaired) electrons. The van der Waals surface area contributed by atoms with Crippen molar-refractivity contribution in [1.82, 2.24) is 9.71 Å². The maximum absolute atomic E-state index is 12.4. The lowest BCUT2D eigenvalue weighted by molar-refractivity contribution is 0.102. The van der Waals surface area contributed by atoms with E-state index in [1.165, 1.54) is 23.5 Å². The predicted octanol–water partition coefficient (Wildman–Crippen LogP) is 3.67. The lowest BCUT2D eigenvalue weighted by atomic mass is 10.2. The van der Waals surface area contributed by atoms with E-state index in [2.05, 4.69) is 15.0 Å². The molecule has 4 rings (SSSR count). The first kappa shape index (κ1) is 19.8. The molecule has 150 valence electrons. The van der Waals surface area contributed by atoms with E-state index in [9.17, 15) is 13.2 Å². The summed E-state index contributed by atoms with van der Waals surface area (Å²) < 4.78 is 27.2. The molecule has 1 heterocycles. The van der Waals surface area contributed by atoms with Crippen LogP contribution in [0.2, 0.25) is 0 Å². The van der Waals surface area contributed by atoms with Crippen LogP contribution in [-0.2, 0) is 16.4 Å². The van der Waals surface area contributed by atoms with Gasteiger partial charge in [-0.25, -0.2) is 18.1 Å². The molecule has 1 amide bonds. The summed E-state index contributed by atoms with van der Waals surface area (Å²) in [6.45, 7) is 0.482. The molecule has 0 saturated heterocycles. The summed E-state index contributed by atoms with van der Waals surface area (Å²) >= 11 is 1.44. The Morgan fingerprint density at radius 2 is 1.79 bits per heavy atom. The molecule has 1 fully saturated rings. The maximum Gasteiger partial charge on any atom is 0.275 e. The molecule has 8 heteroatoms. The largest absolute Gasteiger partial charge is 0.321 e. The standard InChI is InChI=1S/C21H21N3O3S2/c25-21(19-14-28-20(24-19)12-15-4-2-1-3-5-15)23-17-8-10-18(11-9-17)29(26,27)22-13-16-6-7-16/h1-5,8-11,14,16,22H,6-7,12-13H2,(H,23,25). The third kappa shape index (κ3) is 5.29. The molecule has 3 aromatic rings. The highest BCUT2D eigenvalue weighted by atomic mass is 32.2. The van der Waals surface area contributed by atoms with Gasteiger partial charge in [0, 0.05) is 24.0 Å². The van der Waals surface area contributed by atoms with Gasteiger partial charge in [0.25, 0.3) is 5.91 Å². The van der Waals surface area contributed by atoms with E-state index in [0.29, 0.717) is 30.3 Å². The molecule has 0 spiro atoms. The van der Waals surface area contributed by atoms with Gasteiger partial charge in [-0.2, -0.15) is 0 Å². The number of nitrogens with one attached hydrogen (secondary N) is 2. The van der Waals surface area contributed by atoms with Crippen molar-refractivity contribution in [2.75, 3.05) is 11.9 Å². The number of rotatable bonds is 8. The second kappa shape index (κ2) is 8.44. The van der Waals surface area contributed by atoms with Crippen molar-refractivity contribution in [3.8, 4) is 0 Å². The topological polar surface area (TPSA) is 88.2 Å². The van der Waals surface area contributed by atoms with E-state index in [0.717, 1.165) is 23.4 Å².